The number of nitrogens with one attached hydrogen (secondary N) is 1. The Kier molecular flexibility index (Phi) is 5.61. The van der Waals surface area contributed by atoms with E-state index in [9.17, 15) is 4.79 Å². The zero-order valence-corrected chi connectivity index (χ0v) is 10.8. The molecular formula is C13H20N2O3. The Bertz CT molecular complexity index is 407. The molecule has 0 saturated heterocycles. The molecule has 1 amide bonds. The summed E-state index contributed by atoms with van der Waals surface area (Å²) in [5.74, 6) is 0.490. The van der Waals surface area contributed by atoms with Crippen LogP contribution in [0.1, 0.15) is 18.1 Å². The first-order valence-corrected chi connectivity index (χ1v) is 5.95. The second kappa shape index (κ2) is 6.98. The van der Waals surface area contributed by atoms with Gasteiger partial charge in [-0.1, -0.05) is 12.1 Å². The number of rotatable bonds is 6. The molecule has 1 unspecified atom stereocenters. The summed E-state index contributed by atoms with van der Waals surface area (Å²) >= 11 is 0. The fraction of sp³-hybridized carbons (Fsp3) is 0.462. The van der Waals surface area contributed by atoms with Crippen molar-refractivity contribution in [1.29, 1.82) is 0 Å². The SMILES string of the molecule is CCOc1ccc(CNC(=O)C(N)CO)cc1C. The minimum absolute atomic E-state index is 0.353. The van der Waals surface area contributed by atoms with Crippen LogP contribution in [0.2, 0.25) is 0 Å². The predicted octanol–water partition coefficient (Wildman–Crippen LogP) is 0.330. The van der Waals surface area contributed by atoms with Gasteiger partial charge in [-0.15, -0.1) is 0 Å². The number of amides is 1. The summed E-state index contributed by atoms with van der Waals surface area (Å²) in [5, 5.41) is 11.4. The van der Waals surface area contributed by atoms with E-state index in [-0.39, 0.29) is 12.5 Å². The average Bonchev–Trinajstić information content (AvgIpc) is 2.38. The highest BCUT2D eigenvalue weighted by Crippen LogP contribution is 2.18. The van der Waals surface area contributed by atoms with E-state index in [2.05, 4.69) is 5.32 Å². The first kappa shape index (κ1) is 14.5. The highest BCUT2D eigenvalue weighted by Gasteiger charge is 2.11. The molecule has 0 fully saturated rings. The van der Waals surface area contributed by atoms with Gasteiger partial charge >= 0.3 is 0 Å². The average molecular weight is 252 g/mol. The van der Waals surface area contributed by atoms with Crippen LogP contribution < -0.4 is 15.8 Å². The van der Waals surface area contributed by atoms with Crippen LogP contribution in [0.25, 0.3) is 0 Å². The van der Waals surface area contributed by atoms with Gasteiger partial charge in [-0.2, -0.15) is 0 Å². The van der Waals surface area contributed by atoms with E-state index in [0.717, 1.165) is 16.9 Å². The molecule has 1 atom stereocenters. The van der Waals surface area contributed by atoms with Crippen molar-refractivity contribution in [1.82, 2.24) is 5.32 Å². The molecule has 100 valence electrons. The number of carbonyl (C=O) groups is 1. The minimum atomic E-state index is -0.867. The summed E-state index contributed by atoms with van der Waals surface area (Å²) in [6.07, 6.45) is 0. The summed E-state index contributed by atoms with van der Waals surface area (Å²) < 4.78 is 5.43. The topological polar surface area (TPSA) is 84.6 Å². The number of benzene rings is 1. The monoisotopic (exact) mass is 252 g/mol. The van der Waals surface area contributed by atoms with Crippen LogP contribution >= 0.6 is 0 Å². The van der Waals surface area contributed by atoms with Crippen LogP contribution in [0.4, 0.5) is 0 Å². The Labute approximate surface area is 107 Å². The largest absolute Gasteiger partial charge is 0.494 e. The molecule has 1 aromatic rings. The molecule has 1 aromatic carbocycles. The molecule has 0 heterocycles. The number of hydrogen-bond acceptors (Lipinski definition) is 4. The smallest absolute Gasteiger partial charge is 0.239 e. The van der Waals surface area contributed by atoms with Crippen molar-refractivity contribution >= 4 is 5.91 Å². The van der Waals surface area contributed by atoms with Gasteiger partial charge in [0.15, 0.2) is 0 Å². The normalized spacial score (nSPS) is 12.0. The lowest BCUT2D eigenvalue weighted by atomic mass is 10.1. The predicted molar refractivity (Wildman–Crippen MR) is 69.3 cm³/mol. The molecule has 0 aromatic heterocycles. The second-order valence-electron chi connectivity index (χ2n) is 4.04. The Hall–Kier alpha value is -1.59. The lowest BCUT2D eigenvalue weighted by Gasteiger charge is -2.11. The van der Waals surface area contributed by atoms with Crippen LogP contribution in [0.15, 0.2) is 18.2 Å². The molecule has 0 aliphatic carbocycles. The quantitative estimate of drug-likeness (QED) is 0.681. The summed E-state index contributed by atoms with van der Waals surface area (Å²) in [7, 11) is 0. The summed E-state index contributed by atoms with van der Waals surface area (Å²) in [5.41, 5.74) is 7.38. The second-order valence-corrected chi connectivity index (χ2v) is 4.04. The maximum atomic E-state index is 11.4. The standard InChI is InChI=1S/C13H20N2O3/c1-3-18-12-5-4-10(6-9(12)2)7-15-13(17)11(14)8-16/h4-6,11,16H,3,7-8,14H2,1-2H3,(H,15,17). The van der Waals surface area contributed by atoms with Crippen LogP contribution in [-0.4, -0.2) is 30.3 Å². The van der Waals surface area contributed by atoms with Crippen molar-refractivity contribution in [2.45, 2.75) is 26.4 Å². The number of carbonyl (C=O) groups excluding carboxylic acids is 1. The zero-order valence-electron chi connectivity index (χ0n) is 10.8. The number of aliphatic hydroxyl groups excluding tert-OH is 1. The van der Waals surface area contributed by atoms with Gasteiger partial charge in [0.2, 0.25) is 5.91 Å². The zero-order chi connectivity index (χ0) is 13.5. The van der Waals surface area contributed by atoms with Crippen molar-refractivity contribution in [2.75, 3.05) is 13.2 Å². The van der Waals surface area contributed by atoms with Crippen molar-refractivity contribution in [3.8, 4) is 5.75 Å². The first-order valence-electron chi connectivity index (χ1n) is 5.95. The number of aliphatic hydroxyl groups is 1. The molecule has 0 aliphatic heterocycles. The van der Waals surface area contributed by atoms with Crippen molar-refractivity contribution in [3.05, 3.63) is 29.3 Å². The first-order chi connectivity index (χ1) is 8.58. The van der Waals surface area contributed by atoms with Gasteiger partial charge in [0.1, 0.15) is 11.8 Å². The van der Waals surface area contributed by atoms with Gasteiger partial charge in [0.05, 0.1) is 13.2 Å². The van der Waals surface area contributed by atoms with Gasteiger partial charge in [-0.3, -0.25) is 4.79 Å². The number of aryl methyl sites for hydroxylation is 1. The van der Waals surface area contributed by atoms with Crippen LogP contribution in [0.5, 0.6) is 5.75 Å². The van der Waals surface area contributed by atoms with E-state index in [4.69, 9.17) is 15.6 Å². The Morgan fingerprint density at radius 2 is 2.28 bits per heavy atom. The molecule has 1 rings (SSSR count). The van der Waals surface area contributed by atoms with Crippen molar-refractivity contribution in [3.63, 3.8) is 0 Å². The van der Waals surface area contributed by atoms with Crippen LogP contribution in [0.3, 0.4) is 0 Å². The molecule has 0 saturated carbocycles. The van der Waals surface area contributed by atoms with Gasteiger partial charge in [-0.05, 0) is 31.0 Å². The molecule has 0 bridgehead atoms. The minimum Gasteiger partial charge on any atom is -0.494 e. The third-order valence-electron chi connectivity index (χ3n) is 2.54. The Balaban J connectivity index is 2.58. The maximum absolute atomic E-state index is 11.4. The lowest BCUT2D eigenvalue weighted by molar-refractivity contribution is -0.123. The number of ether oxygens (including phenoxy) is 1. The molecule has 5 heteroatoms. The van der Waals surface area contributed by atoms with Crippen molar-refractivity contribution < 1.29 is 14.6 Å². The highest BCUT2D eigenvalue weighted by molar-refractivity contribution is 5.81. The molecule has 0 radical (unpaired) electrons. The van der Waals surface area contributed by atoms with E-state index in [1.165, 1.54) is 0 Å². The molecule has 4 N–H and O–H groups in total. The molecule has 0 spiro atoms. The van der Waals surface area contributed by atoms with Crippen LogP contribution in [-0.2, 0) is 11.3 Å². The third kappa shape index (κ3) is 4.01. The van der Waals surface area contributed by atoms with Gasteiger partial charge in [0.25, 0.3) is 0 Å². The van der Waals surface area contributed by atoms with Gasteiger partial charge in [-0.25, -0.2) is 0 Å². The van der Waals surface area contributed by atoms with Crippen molar-refractivity contribution in [2.24, 2.45) is 5.73 Å². The summed E-state index contributed by atoms with van der Waals surface area (Å²) in [6.45, 7) is 4.55. The highest BCUT2D eigenvalue weighted by atomic mass is 16.5. The van der Waals surface area contributed by atoms with E-state index in [1.54, 1.807) is 0 Å². The Morgan fingerprint density at radius 3 is 2.83 bits per heavy atom. The van der Waals surface area contributed by atoms with E-state index < -0.39 is 6.04 Å². The molecular weight excluding hydrogens is 232 g/mol. The number of nitrogens with two attached hydrogens (primary N) is 1. The van der Waals surface area contributed by atoms with Gasteiger partial charge < -0.3 is 20.9 Å². The summed E-state index contributed by atoms with van der Waals surface area (Å²) in [6, 6.07) is 4.86. The van der Waals surface area contributed by atoms with E-state index in [0.29, 0.717) is 13.2 Å². The third-order valence-corrected chi connectivity index (χ3v) is 2.54. The lowest BCUT2D eigenvalue weighted by Crippen LogP contribution is -2.42. The number of hydrogen-bond donors (Lipinski definition) is 3. The van der Waals surface area contributed by atoms with Gasteiger partial charge in [0, 0.05) is 6.54 Å². The molecule has 5 nitrogen and oxygen atoms in total. The van der Waals surface area contributed by atoms with E-state index >= 15 is 0 Å². The molecule has 18 heavy (non-hydrogen) atoms. The van der Waals surface area contributed by atoms with Crippen LogP contribution in [0, 0.1) is 6.92 Å². The molecule has 0 aliphatic rings. The van der Waals surface area contributed by atoms with E-state index in [1.807, 2.05) is 32.0 Å². The fourth-order valence-electron chi connectivity index (χ4n) is 1.54. The maximum Gasteiger partial charge on any atom is 0.239 e. The fourth-order valence-corrected chi connectivity index (χ4v) is 1.54. The summed E-state index contributed by atoms with van der Waals surface area (Å²) in [4.78, 5) is 11.4. The Morgan fingerprint density at radius 1 is 1.56 bits per heavy atom.